The molecule has 5 aliphatic rings. The maximum atomic E-state index is 2.47. The highest BCUT2D eigenvalue weighted by molar-refractivity contribution is 6.04. The standard InChI is InChI=1S/C45H31N/c1-3-14-30(15-4-1)31-26-28-33(29-27-31)46(32-16-5-2-6-17-32)41-25-12-11-24-40-42(41)38-20-8-7-19-36-37-22-13-21-35-34-18-9-10-23-39(34)45(40,43(35)37)44(36)38/h1-18,20-23,25-29H,19,24H2. The van der Waals surface area contributed by atoms with Gasteiger partial charge in [-0.05, 0) is 104 Å². The Morgan fingerprint density at radius 1 is 0.522 bits per heavy atom. The highest BCUT2D eigenvalue weighted by atomic mass is 15.2. The summed E-state index contributed by atoms with van der Waals surface area (Å²) in [7, 11) is 0. The molecular formula is C45H31N. The zero-order chi connectivity index (χ0) is 30.2. The summed E-state index contributed by atoms with van der Waals surface area (Å²) in [5.74, 6) is 0. The average molecular weight is 586 g/mol. The van der Waals surface area contributed by atoms with Crippen LogP contribution in [0.2, 0.25) is 0 Å². The van der Waals surface area contributed by atoms with Crippen LogP contribution in [0.4, 0.5) is 11.4 Å². The molecule has 0 radical (unpaired) electrons. The summed E-state index contributed by atoms with van der Waals surface area (Å²) in [5.41, 5.74) is 20.1. The van der Waals surface area contributed by atoms with Crippen LogP contribution < -0.4 is 4.90 Å². The second kappa shape index (κ2) is 9.67. The van der Waals surface area contributed by atoms with E-state index < -0.39 is 0 Å². The van der Waals surface area contributed by atoms with E-state index in [0.29, 0.717) is 0 Å². The van der Waals surface area contributed by atoms with Crippen molar-refractivity contribution in [2.24, 2.45) is 0 Å². The molecule has 1 atom stereocenters. The van der Waals surface area contributed by atoms with E-state index in [1.807, 2.05) is 0 Å². The van der Waals surface area contributed by atoms with E-state index in [4.69, 9.17) is 0 Å². The van der Waals surface area contributed by atoms with Crippen molar-refractivity contribution in [2.75, 3.05) is 4.90 Å². The van der Waals surface area contributed by atoms with Crippen molar-refractivity contribution in [3.8, 4) is 22.3 Å². The van der Waals surface area contributed by atoms with Gasteiger partial charge in [-0.25, -0.2) is 0 Å². The van der Waals surface area contributed by atoms with E-state index in [1.165, 1.54) is 72.5 Å². The fourth-order valence-electron chi connectivity index (χ4n) is 8.87. The van der Waals surface area contributed by atoms with E-state index in [-0.39, 0.29) is 5.41 Å². The summed E-state index contributed by atoms with van der Waals surface area (Å²) >= 11 is 0. The van der Waals surface area contributed by atoms with E-state index >= 15 is 0 Å². The molecule has 1 spiro atoms. The number of fused-ring (bicyclic) bond motifs is 4. The molecule has 10 rings (SSSR count). The molecule has 46 heavy (non-hydrogen) atoms. The van der Waals surface area contributed by atoms with Crippen molar-refractivity contribution in [1.29, 1.82) is 0 Å². The van der Waals surface area contributed by atoms with Crippen LogP contribution in [0.3, 0.4) is 0 Å². The Hall–Kier alpha value is -5.66. The Morgan fingerprint density at radius 2 is 1.17 bits per heavy atom. The van der Waals surface area contributed by atoms with Gasteiger partial charge in [0.05, 0.1) is 11.1 Å². The number of benzene rings is 5. The maximum absolute atomic E-state index is 2.47. The third kappa shape index (κ3) is 3.30. The van der Waals surface area contributed by atoms with Crippen LogP contribution in [0.15, 0.2) is 192 Å². The quantitative estimate of drug-likeness (QED) is 0.203. The van der Waals surface area contributed by atoms with Crippen LogP contribution in [0.1, 0.15) is 29.5 Å². The number of rotatable bonds is 4. The van der Waals surface area contributed by atoms with Gasteiger partial charge in [-0.2, -0.15) is 0 Å². The second-order valence-corrected chi connectivity index (χ2v) is 12.7. The Bertz CT molecular complexity index is 2270. The highest BCUT2D eigenvalue weighted by Crippen LogP contribution is 2.71. The van der Waals surface area contributed by atoms with Gasteiger partial charge in [-0.3, -0.25) is 0 Å². The summed E-state index contributed by atoms with van der Waals surface area (Å²) in [6, 6.07) is 46.8. The zero-order valence-electron chi connectivity index (χ0n) is 25.4. The Balaban J connectivity index is 1.25. The third-order valence-electron chi connectivity index (χ3n) is 10.5. The molecule has 0 saturated heterocycles. The van der Waals surface area contributed by atoms with Gasteiger partial charge in [-0.15, -0.1) is 0 Å². The van der Waals surface area contributed by atoms with Gasteiger partial charge < -0.3 is 4.90 Å². The number of anilines is 2. The van der Waals surface area contributed by atoms with E-state index in [9.17, 15) is 0 Å². The fraction of sp³-hybridized carbons (Fsp3) is 0.0667. The topological polar surface area (TPSA) is 3.24 Å². The van der Waals surface area contributed by atoms with E-state index in [1.54, 1.807) is 0 Å². The predicted octanol–water partition coefficient (Wildman–Crippen LogP) is 11.3. The molecule has 5 aromatic rings. The summed E-state index contributed by atoms with van der Waals surface area (Å²) in [6.45, 7) is 0. The van der Waals surface area contributed by atoms with Crippen molar-refractivity contribution in [2.45, 2.75) is 18.3 Å². The molecule has 5 aliphatic carbocycles. The first-order valence-corrected chi connectivity index (χ1v) is 16.3. The van der Waals surface area contributed by atoms with Crippen LogP contribution in [0.25, 0.3) is 27.8 Å². The number of para-hydroxylation sites is 1. The highest BCUT2D eigenvalue weighted by Gasteiger charge is 2.60. The largest absolute Gasteiger partial charge is 0.310 e. The number of hydrogen-bond donors (Lipinski definition) is 0. The first-order valence-electron chi connectivity index (χ1n) is 16.3. The van der Waals surface area contributed by atoms with Crippen LogP contribution >= 0.6 is 0 Å². The van der Waals surface area contributed by atoms with Gasteiger partial charge in [0.15, 0.2) is 0 Å². The van der Waals surface area contributed by atoms with Gasteiger partial charge in [0, 0.05) is 16.9 Å². The summed E-state index contributed by atoms with van der Waals surface area (Å²) in [6.07, 6.45) is 15.9. The minimum absolute atomic E-state index is 0.266. The van der Waals surface area contributed by atoms with Crippen LogP contribution in [-0.2, 0) is 5.41 Å². The molecule has 0 fully saturated rings. The normalized spacial score (nSPS) is 19.6. The first-order chi connectivity index (χ1) is 22.9. The summed E-state index contributed by atoms with van der Waals surface area (Å²) in [5, 5.41) is 0. The number of nitrogens with zero attached hydrogens (tertiary/aromatic N) is 1. The van der Waals surface area contributed by atoms with E-state index in [2.05, 4.69) is 169 Å². The Morgan fingerprint density at radius 3 is 2.02 bits per heavy atom. The van der Waals surface area contributed by atoms with Crippen LogP contribution in [0, 0.1) is 0 Å². The van der Waals surface area contributed by atoms with Crippen molar-refractivity contribution in [3.05, 3.63) is 209 Å². The second-order valence-electron chi connectivity index (χ2n) is 12.7. The third-order valence-corrected chi connectivity index (χ3v) is 10.5. The first kappa shape index (κ1) is 25.6. The van der Waals surface area contributed by atoms with Gasteiger partial charge in [0.2, 0.25) is 0 Å². The van der Waals surface area contributed by atoms with Gasteiger partial charge in [0.1, 0.15) is 0 Å². The lowest BCUT2D eigenvalue weighted by molar-refractivity contribution is 0.757. The monoisotopic (exact) mass is 585 g/mol. The maximum Gasteiger partial charge on any atom is 0.0701 e. The molecular weight excluding hydrogens is 555 g/mol. The van der Waals surface area contributed by atoms with Crippen molar-refractivity contribution in [3.63, 3.8) is 0 Å². The molecule has 0 aromatic heterocycles. The molecule has 0 amide bonds. The molecule has 0 bridgehead atoms. The predicted molar refractivity (Wildman–Crippen MR) is 191 cm³/mol. The van der Waals surface area contributed by atoms with E-state index in [0.717, 1.165) is 24.2 Å². The summed E-state index contributed by atoms with van der Waals surface area (Å²) < 4.78 is 0. The number of allylic oxidation sites excluding steroid dienone is 10. The molecule has 0 heterocycles. The lowest BCUT2D eigenvalue weighted by atomic mass is 9.71. The summed E-state index contributed by atoms with van der Waals surface area (Å²) in [4.78, 5) is 2.47. The lowest BCUT2D eigenvalue weighted by Crippen LogP contribution is -2.25. The van der Waals surface area contributed by atoms with Gasteiger partial charge >= 0.3 is 0 Å². The lowest BCUT2D eigenvalue weighted by Gasteiger charge is -2.31. The van der Waals surface area contributed by atoms with Gasteiger partial charge in [-0.1, -0.05) is 134 Å². The molecule has 1 heteroatoms. The zero-order valence-corrected chi connectivity index (χ0v) is 25.4. The van der Waals surface area contributed by atoms with Crippen molar-refractivity contribution >= 4 is 16.9 Å². The van der Waals surface area contributed by atoms with Crippen LogP contribution in [-0.4, -0.2) is 0 Å². The number of hydrogen-bond acceptors (Lipinski definition) is 1. The fourth-order valence-corrected chi connectivity index (χ4v) is 8.87. The molecule has 0 N–H and O–H groups in total. The van der Waals surface area contributed by atoms with Crippen molar-refractivity contribution < 1.29 is 0 Å². The molecule has 0 aliphatic heterocycles. The SMILES string of the molecule is C1=CCC2=C3C(=C1)C1=C(CC=CC=C1N(c1ccccc1)c1ccc(-c4ccccc4)cc1)C31c3ccccc3-c3cccc2c31. The minimum atomic E-state index is -0.266. The smallest absolute Gasteiger partial charge is 0.0701 e. The van der Waals surface area contributed by atoms with Crippen LogP contribution in [0.5, 0.6) is 0 Å². The molecule has 1 unspecified atom stereocenters. The van der Waals surface area contributed by atoms with Gasteiger partial charge in [0.25, 0.3) is 0 Å². The molecule has 5 aromatic carbocycles. The van der Waals surface area contributed by atoms with Crippen molar-refractivity contribution in [1.82, 2.24) is 0 Å². The Kier molecular flexibility index (Phi) is 5.39. The minimum Gasteiger partial charge on any atom is -0.310 e. The molecule has 216 valence electrons. The molecule has 1 nitrogen and oxygen atoms in total. The average Bonchev–Trinajstić information content (AvgIpc) is 3.49. The Labute approximate surface area is 270 Å². The molecule has 0 saturated carbocycles.